The van der Waals surface area contributed by atoms with Gasteiger partial charge in [-0.3, -0.25) is 9.48 Å². The minimum absolute atomic E-state index is 0.139. The number of rotatable bonds is 8. The van der Waals surface area contributed by atoms with Crippen LogP contribution in [0.2, 0.25) is 0 Å². The molecule has 1 N–H and O–H groups in total. The summed E-state index contributed by atoms with van der Waals surface area (Å²) in [5.41, 5.74) is 4.53. The summed E-state index contributed by atoms with van der Waals surface area (Å²) in [6.45, 7) is 9.72. The summed E-state index contributed by atoms with van der Waals surface area (Å²) in [7, 11) is 0. The van der Waals surface area contributed by atoms with Gasteiger partial charge < -0.3 is 5.32 Å². The molecule has 130 valence electrons. The number of aryl methyl sites for hydroxylation is 2. The first kappa shape index (κ1) is 18.2. The molecule has 0 aliphatic heterocycles. The van der Waals surface area contributed by atoms with Crippen LogP contribution in [0.5, 0.6) is 0 Å². The summed E-state index contributed by atoms with van der Waals surface area (Å²) < 4.78 is 2.01. The monoisotopic (exact) mass is 327 g/mol. The molecule has 0 fully saturated rings. The molecule has 0 radical (unpaired) electrons. The summed E-state index contributed by atoms with van der Waals surface area (Å²) in [6.07, 6.45) is 2.84. The van der Waals surface area contributed by atoms with Gasteiger partial charge in [0.2, 0.25) is 5.91 Å². The lowest BCUT2D eigenvalue weighted by Gasteiger charge is -2.11. The minimum Gasteiger partial charge on any atom is -0.352 e. The zero-order chi connectivity index (χ0) is 17.5. The van der Waals surface area contributed by atoms with E-state index < -0.39 is 0 Å². The molecule has 2 rings (SSSR count). The van der Waals surface area contributed by atoms with Crippen molar-refractivity contribution in [3.63, 3.8) is 0 Å². The fourth-order valence-corrected chi connectivity index (χ4v) is 3.03. The standard InChI is InChI=1S/C20H29N3O/c1-5-7-15(2)10-20(24)21-13-18-8-6-9-19(12-18)14-23-17(4)11-16(3)22-23/h6,8-9,11-12,15H,5,7,10,13-14H2,1-4H3,(H,21,24). The van der Waals surface area contributed by atoms with Crippen LogP contribution in [0.4, 0.5) is 0 Å². The van der Waals surface area contributed by atoms with Crippen LogP contribution in [0.1, 0.15) is 55.6 Å². The van der Waals surface area contributed by atoms with E-state index in [0.29, 0.717) is 18.9 Å². The molecule has 1 heterocycles. The third-order valence-corrected chi connectivity index (χ3v) is 4.23. The second-order valence-electron chi connectivity index (χ2n) is 6.78. The van der Waals surface area contributed by atoms with Crippen LogP contribution < -0.4 is 5.32 Å². The van der Waals surface area contributed by atoms with Crippen molar-refractivity contribution >= 4 is 5.91 Å². The summed E-state index contributed by atoms with van der Waals surface area (Å²) in [5, 5.41) is 7.54. The highest BCUT2D eigenvalue weighted by molar-refractivity contribution is 5.76. The van der Waals surface area contributed by atoms with Crippen LogP contribution in [0.15, 0.2) is 30.3 Å². The molecular weight excluding hydrogens is 298 g/mol. The van der Waals surface area contributed by atoms with E-state index in [9.17, 15) is 4.79 Å². The van der Waals surface area contributed by atoms with E-state index >= 15 is 0 Å². The summed E-state index contributed by atoms with van der Waals surface area (Å²) >= 11 is 0. The largest absolute Gasteiger partial charge is 0.352 e. The molecule has 1 aromatic heterocycles. The number of benzene rings is 1. The van der Waals surface area contributed by atoms with Crippen LogP contribution in [0.3, 0.4) is 0 Å². The lowest BCUT2D eigenvalue weighted by Crippen LogP contribution is -2.24. The van der Waals surface area contributed by atoms with Crippen molar-refractivity contribution in [1.29, 1.82) is 0 Å². The summed E-state index contributed by atoms with van der Waals surface area (Å²) in [6, 6.07) is 10.4. The molecule has 2 aromatic rings. The Morgan fingerprint density at radius 1 is 1.25 bits per heavy atom. The molecule has 24 heavy (non-hydrogen) atoms. The van der Waals surface area contributed by atoms with Crippen LogP contribution in [-0.4, -0.2) is 15.7 Å². The summed E-state index contributed by atoms with van der Waals surface area (Å²) in [4.78, 5) is 12.0. The second-order valence-corrected chi connectivity index (χ2v) is 6.78. The molecule has 4 nitrogen and oxygen atoms in total. The molecule has 1 unspecified atom stereocenters. The van der Waals surface area contributed by atoms with Crippen molar-refractivity contribution in [2.75, 3.05) is 0 Å². The molecule has 4 heteroatoms. The van der Waals surface area contributed by atoms with Crippen LogP contribution in [0.25, 0.3) is 0 Å². The number of aromatic nitrogens is 2. The predicted octanol–water partition coefficient (Wildman–Crippen LogP) is 3.99. The number of hydrogen-bond acceptors (Lipinski definition) is 2. The topological polar surface area (TPSA) is 46.9 Å². The normalized spacial score (nSPS) is 12.2. The predicted molar refractivity (Wildman–Crippen MR) is 97.8 cm³/mol. The highest BCUT2D eigenvalue weighted by Gasteiger charge is 2.08. The zero-order valence-corrected chi connectivity index (χ0v) is 15.3. The van der Waals surface area contributed by atoms with Crippen LogP contribution in [-0.2, 0) is 17.9 Å². The van der Waals surface area contributed by atoms with Crippen LogP contribution in [0, 0.1) is 19.8 Å². The van der Waals surface area contributed by atoms with Gasteiger partial charge in [-0.15, -0.1) is 0 Å². The Hall–Kier alpha value is -2.10. The molecular formula is C20H29N3O. The van der Waals surface area contributed by atoms with Gasteiger partial charge >= 0.3 is 0 Å². The van der Waals surface area contributed by atoms with Crippen molar-refractivity contribution in [3.05, 3.63) is 52.8 Å². The Balaban J connectivity index is 1.91. The van der Waals surface area contributed by atoms with Crippen molar-refractivity contribution in [2.45, 2.75) is 60.0 Å². The number of carbonyl (C=O) groups excluding carboxylic acids is 1. The summed E-state index contributed by atoms with van der Waals surface area (Å²) in [5.74, 6) is 0.590. The number of nitrogens with zero attached hydrogens (tertiary/aromatic N) is 2. The smallest absolute Gasteiger partial charge is 0.220 e. The van der Waals surface area contributed by atoms with Gasteiger partial charge in [-0.25, -0.2) is 0 Å². The fourth-order valence-electron chi connectivity index (χ4n) is 3.03. The van der Waals surface area contributed by atoms with E-state index in [0.717, 1.165) is 36.3 Å². The highest BCUT2D eigenvalue weighted by Crippen LogP contribution is 2.11. The van der Waals surface area contributed by atoms with Gasteiger partial charge in [0.25, 0.3) is 0 Å². The van der Waals surface area contributed by atoms with Crippen molar-refractivity contribution in [2.24, 2.45) is 5.92 Å². The Labute approximate surface area is 145 Å². The van der Waals surface area contributed by atoms with E-state index in [1.807, 2.05) is 17.7 Å². The zero-order valence-electron chi connectivity index (χ0n) is 15.3. The number of hydrogen-bond donors (Lipinski definition) is 1. The second kappa shape index (κ2) is 8.67. The molecule has 0 aliphatic rings. The van der Waals surface area contributed by atoms with Crippen molar-refractivity contribution < 1.29 is 4.79 Å². The van der Waals surface area contributed by atoms with E-state index in [-0.39, 0.29) is 5.91 Å². The van der Waals surface area contributed by atoms with E-state index in [1.165, 1.54) is 5.56 Å². The van der Waals surface area contributed by atoms with Gasteiger partial charge in [-0.2, -0.15) is 5.10 Å². The maximum absolute atomic E-state index is 12.0. The molecule has 1 amide bonds. The third kappa shape index (κ3) is 5.52. The van der Waals surface area contributed by atoms with Gasteiger partial charge in [0.1, 0.15) is 0 Å². The third-order valence-electron chi connectivity index (χ3n) is 4.23. The first-order chi connectivity index (χ1) is 11.5. The van der Waals surface area contributed by atoms with Gasteiger partial charge in [0, 0.05) is 18.7 Å². The number of nitrogens with one attached hydrogen (secondary N) is 1. The van der Waals surface area contributed by atoms with E-state index in [1.54, 1.807) is 0 Å². The fraction of sp³-hybridized carbons (Fsp3) is 0.500. The number of amides is 1. The Kier molecular flexibility index (Phi) is 6.59. The first-order valence-corrected chi connectivity index (χ1v) is 8.83. The van der Waals surface area contributed by atoms with Crippen LogP contribution >= 0.6 is 0 Å². The lowest BCUT2D eigenvalue weighted by atomic mass is 10.0. The molecule has 1 aromatic carbocycles. The van der Waals surface area contributed by atoms with Gasteiger partial charge in [-0.1, -0.05) is 51.0 Å². The lowest BCUT2D eigenvalue weighted by molar-refractivity contribution is -0.122. The average Bonchev–Trinajstić information content (AvgIpc) is 2.83. The molecule has 0 saturated heterocycles. The average molecular weight is 327 g/mol. The van der Waals surface area contributed by atoms with Gasteiger partial charge in [-0.05, 0) is 37.0 Å². The first-order valence-electron chi connectivity index (χ1n) is 8.83. The highest BCUT2D eigenvalue weighted by atomic mass is 16.1. The molecule has 0 bridgehead atoms. The van der Waals surface area contributed by atoms with E-state index in [4.69, 9.17) is 0 Å². The van der Waals surface area contributed by atoms with Gasteiger partial charge in [0.05, 0.1) is 12.2 Å². The van der Waals surface area contributed by atoms with E-state index in [2.05, 4.69) is 55.5 Å². The maximum atomic E-state index is 12.0. The SMILES string of the molecule is CCCC(C)CC(=O)NCc1cccc(Cn2nc(C)cc2C)c1. The van der Waals surface area contributed by atoms with Crippen molar-refractivity contribution in [3.8, 4) is 0 Å². The maximum Gasteiger partial charge on any atom is 0.220 e. The molecule has 0 aliphatic carbocycles. The quantitative estimate of drug-likeness (QED) is 0.797. The van der Waals surface area contributed by atoms with Gasteiger partial charge in [0.15, 0.2) is 0 Å². The Morgan fingerprint density at radius 2 is 2.00 bits per heavy atom. The Bertz CT molecular complexity index is 675. The molecule has 0 saturated carbocycles. The molecule has 1 atom stereocenters. The number of carbonyl (C=O) groups is 1. The minimum atomic E-state index is 0.139. The Morgan fingerprint density at radius 3 is 2.67 bits per heavy atom. The molecule has 0 spiro atoms. The van der Waals surface area contributed by atoms with Crippen molar-refractivity contribution in [1.82, 2.24) is 15.1 Å².